The molecule has 0 saturated carbocycles. The van der Waals surface area contributed by atoms with Crippen LogP contribution in [0.1, 0.15) is 23.0 Å². The predicted octanol–water partition coefficient (Wildman–Crippen LogP) is -0.595. The highest BCUT2D eigenvalue weighted by Gasteiger charge is 2.44. The number of thioether (sulfide) groups is 1. The van der Waals surface area contributed by atoms with Crippen LogP contribution in [-0.4, -0.2) is 95.7 Å². The van der Waals surface area contributed by atoms with Gasteiger partial charge in [-0.3, -0.25) is 14.2 Å². The van der Waals surface area contributed by atoms with Gasteiger partial charge in [0.1, 0.15) is 24.6 Å². The zero-order chi connectivity index (χ0) is 27.2. The minimum atomic E-state index is -1.23. The third kappa shape index (κ3) is 6.14. The van der Waals surface area contributed by atoms with E-state index in [2.05, 4.69) is 25.6 Å². The van der Waals surface area contributed by atoms with E-state index in [1.807, 2.05) is 0 Å². The van der Waals surface area contributed by atoms with Crippen LogP contribution in [0.4, 0.5) is 11.5 Å². The van der Waals surface area contributed by atoms with Crippen LogP contribution in [0.2, 0.25) is 0 Å². The Labute approximate surface area is 221 Å². The fourth-order valence-electron chi connectivity index (χ4n) is 3.95. The first kappa shape index (κ1) is 27.5. The maximum absolute atomic E-state index is 12.3. The van der Waals surface area contributed by atoms with Crippen LogP contribution < -0.4 is 22.1 Å². The Bertz CT molecular complexity index is 1280. The van der Waals surface area contributed by atoms with Gasteiger partial charge in [-0.1, -0.05) is 12.1 Å². The number of rotatable bonds is 12. The third-order valence-corrected chi connectivity index (χ3v) is 7.14. The molecule has 1 unspecified atom stereocenters. The van der Waals surface area contributed by atoms with E-state index in [-0.39, 0.29) is 12.3 Å². The number of para-hydroxylation sites is 1. The van der Waals surface area contributed by atoms with Crippen molar-refractivity contribution < 1.29 is 29.6 Å². The normalized spacial score (nSPS) is 21.9. The second-order valence-corrected chi connectivity index (χ2v) is 9.82. The first-order valence-corrected chi connectivity index (χ1v) is 13.0. The van der Waals surface area contributed by atoms with Crippen molar-refractivity contribution in [2.75, 3.05) is 35.6 Å². The van der Waals surface area contributed by atoms with Crippen molar-refractivity contribution in [3.63, 3.8) is 0 Å². The van der Waals surface area contributed by atoms with Crippen molar-refractivity contribution in [2.24, 2.45) is 5.73 Å². The number of ether oxygens (including phenoxy) is 1. The molecule has 5 atom stereocenters. The number of aliphatic hydroxyl groups is 2. The number of imidazole rings is 1. The van der Waals surface area contributed by atoms with Gasteiger partial charge in [0.05, 0.1) is 18.0 Å². The number of nitrogens with one attached hydrogen (secondary N) is 2. The number of hydrogen-bond acceptors (Lipinski definition) is 12. The van der Waals surface area contributed by atoms with E-state index in [0.717, 1.165) is 0 Å². The second kappa shape index (κ2) is 12.4. The molecule has 0 radical (unpaired) electrons. The van der Waals surface area contributed by atoms with Crippen molar-refractivity contribution in [3.8, 4) is 0 Å². The van der Waals surface area contributed by atoms with Crippen molar-refractivity contribution in [2.45, 2.75) is 37.0 Å². The molecule has 38 heavy (non-hydrogen) atoms. The zero-order valence-electron chi connectivity index (χ0n) is 20.3. The lowest BCUT2D eigenvalue weighted by Crippen LogP contribution is -2.33. The Kier molecular flexibility index (Phi) is 8.96. The molecule has 1 aliphatic rings. The molecule has 2 aromatic heterocycles. The topological polar surface area (TPSA) is 224 Å². The quantitative estimate of drug-likeness (QED) is 0.111. The summed E-state index contributed by atoms with van der Waals surface area (Å²) in [7, 11) is 0. The highest BCUT2D eigenvalue weighted by Crippen LogP contribution is 2.33. The van der Waals surface area contributed by atoms with Crippen LogP contribution in [-0.2, 0) is 9.53 Å². The summed E-state index contributed by atoms with van der Waals surface area (Å²) in [5, 5.41) is 35.9. The van der Waals surface area contributed by atoms with Gasteiger partial charge in [0.2, 0.25) is 0 Å². The number of carbonyl (C=O) groups is 2. The van der Waals surface area contributed by atoms with E-state index in [1.165, 1.54) is 29.0 Å². The number of carboxylic acids is 1. The first-order valence-electron chi connectivity index (χ1n) is 11.9. The molecule has 204 valence electrons. The molecular formula is C23H30N8O6S. The zero-order valence-corrected chi connectivity index (χ0v) is 21.1. The lowest BCUT2D eigenvalue weighted by atomic mass is 10.1. The Morgan fingerprint density at radius 2 is 1.95 bits per heavy atom. The van der Waals surface area contributed by atoms with E-state index < -0.39 is 36.6 Å². The maximum atomic E-state index is 12.3. The molecule has 1 aliphatic heterocycles. The van der Waals surface area contributed by atoms with E-state index in [9.17, 15) is 19.8 Å². The monoisotopic (exact) mass is 546 g/mol. The average Bonchev–Trinajstić information content (AvgIpc) is 3.45. The largest absolute Gasteiger partial charge is 0.480 e. The molecule has 3 aromatic rings. The van der Waals surface area contributed by atoms with E-state index in [0.29, 0.717) is 52.8 Å². The summed E-state index contributed by atoms with van der Waals surface area (Å²) in [5.74, 6) is -0.114. The lowest BCUT2D eigenvalue weighted by molar-refractivity contribution is -0.138. The second-order valence-electron chi connectivity index (χ2n) is 8.67. The number of hydrogen-bond donors (Lipinski definition) is 7. The molecule has 15 heteroatoms. The maximum Gasteiger partial charge on any atom is 0.320 e. The molecule has 0 aliphatic carbocycles. The van der Waals surface area contributed by atoms with Crippen LogP contribution >= 0.6 is 11.8 Å². The number of carboxylic acid groups (broad SMARTS) is 1. The van der Waals surface area contributed by atoms with E-state index >= 15 is 0 Å². The smallest absolute Gasteiger partial charge is 0.320 e. The number of aromatic nitrogens is 4. The lowest BCUT2D eigenvalue weighted by Gasteiger charge is -2.16. The summed E-state index contributed by atoms with van der Waals surface area (Å²) in [4.78, 5) is 36.0. The van der Waals surface area contributed by atoms with Crippen LogP contribution in [0.3, 0.4) is 0 Å². The summed E-state index contributed by atoms with van der Waals surface area (Å²) < 4.78 is 7.45. The molecule has 9 N–H and O–H groups in total. The molecule has 1 fully saturated rings. The van der Waals surface area contributed by atoms with Crippen LogP contribution in [0.25, 0.3) is 11.2 Å². The number of aliphatic carboxylic acids is 1. The van der Waals surface area contributed by atoms with Gasteiger partial charge in [0.25, 0.3) is 5.91 Å². The molecule has 1 saturated heterocycles. The minimum absolute atomic E-state index is 0.275. The molecule has 1 aromatic carbocycles. The number of benzene rings is 1. The Morgan fingerprint density at radius 3 is 2.71 bits per heavy atom. The Morgan fingerprint density at radius 1 is 1.16 bits per heavy atom. The number of aliphatic hydroxyl groups excluding tert-OH is 2. The number of nitrogen functional groups attached to an aromatic ring is 1. The SMILES string of the molecule is Nc1ccccc1C(=O)NCCNc1ncnc2c1ncn2[C@@H]1O[C@H](CSCCC(N)C(=O)O)[C@@H](O)[C@H]1O. The fourth-order valence-corrected chi connectivity index (χ4v) is 5.05. The predicted molar refractivity (Wildman–Crippen MR) is 140 cm³/mol. The summed E-state index contributed by atoms with van der Waals surface area (Å²) >= 11 is 1.38. The molecular weight excluding hydrogens is 516 g/mol. The first-order chi connectivity index (χ1) is 18.3. The van der Waals surface area contributed by atoms with E-state index in [4.69, 9.17) is 21.3 Å². The van der Waals surface area contributed by atoms with Crippen LogP contribution in [0, 0.1) is 0 Å². The number of nitrogens with two attached hydrogens (primary N) is 2. The van der Waals surface area contributed by atoms with Gasteiger partial charge >= 0.3 is 5.97 Å². The molecule has 1 amide bonds. The molecule has 14 nitrogen and oxygen atoms in total. The number of fused-ring (bicyclic) bond motifs is 1. The van der Waals surface area contributed by atoms with Crippen LogP contribution in [0.5, 0.6) is 0 Å². The number of amides is 1. The summed E-state index contributed by atoms with van der Waals surface area (Å²) in [6.07, 6.45) is -0.931. The molecule has 3 heterocycles. The van der Waals surface area contributed by atoms with Gasteiger partial charge in [-0.15, -0.1) is 0 Å². The number of anilines is 2. The van der Waals surface area contributed by atoms with Crippen molar-refractivity contribution in [1.82, 2.24) is 24.8 Å². The minimum Gasteiger partial charge on any atom is -0.480 e. The Hall–Kier alpha value is -3.50. The fraction of sp³-hybridized carbons (Fsp3) is 0.435. The van der Waals surface area contributed by atoms with Gasteiger partial charge in [-0.25, -0.2) is 15.0 Å². The molecule has 0 spiro atoms. The standard InChI is InChI=1S/C23H30N8O6S/c24-13-4-2-1-3-12(13)21(34)27-7-6-26-19-16-20(29-10-28-19)31(11-30-16)22-18(33)17(32)15(37-22)9-38-8-5-14(25)23(35)36/h1-4,10-11,14-15,17-18,22,32-33H,5-9,24-25H2,(H,27,34)(H,35,36)(H,26,28,29)/t14?,15-,17-,18-,22-/m1/s1. The summed E-state index contributed by atoms with van der Waals surface area (Å²) in [6.45, 7) is 0.649. The Balaban J connectivity index is 1.34. The van der Waals surface area contributed by atoms with Gasteiger partial charge in [0, 0.05) is 24.5 Å². The number of carbonyl (C=O) groups excluding carboxylic acids is 1. The number of nitrogens with zero attached hydrogens (tertiary/aromatic N) is 4. The summed E-state index contributed by atoms with van der Waals surface area (Å²) in [5.41, 5.74) is 13.0. The van der Waals surface area contributed by atoms with Crippen molar-refractivity contribution >= 4 is 46.3 Å². The van der Waals surface area contributed by atoms with Crippen molar-refractivity contribution in [3.05, 3.63) is 42.5 Å². The highest BCUT2D eigenvalue weighted by atomic mass is 32.2. The van der Waals surface area contributed by atoms with Gasteiger partial charge in [-0.05, 0) is 24.3 Å². The summed E-state index contributed by atoms with van der Waals surface area (Å²) in [6, 6.07) is 5.84. The van der Waals surface area contributed by atoms with Gasteiger partial charge in [-0.2, -0.15) is 11.8 Å². The highest BCUT2D eigenvalue weighted by molar-refractivity contribution is 7.99. The van der Waals surface area contributed by atoms with Crippen molar-refractivity contribution in [1.29, 1.82) is 0 Å². The molecule has 0 bridgehead atoms. The third-order valence-electron chi connectivity index (χ3n) is 6.05. The van der Waals surface area contributed by atoms with Gasteiger partial charge in [0.15, 0.2) is 23.2 Å². The van der Waals surface area contributed by atoms with Gasteiger partial charge < -0.3 is 42.2 Å². The average molecular weight is 547 g/mol. The van der Waals surface area contributed by atoms with E-state index in [1.54, 1.807) is 24.3 Å². The van der Waals surface area contributed by atoms with Crippen LogP contribution in [0.15, 0.2) is 36.9 Å². The molecule has 4 rings (SSSR count).